The van der Waals surface area contributed by atoms with Gasteiger partial charge in [0, 0.05) is 17.1 Å². The number of fused-ring (bicyclic) bond motifs is 1. The van der Waals surface area contributed by atoms with Crippen LogP contribution in [0.3, 0.4) is 0 Å². The fourth-order valence-corrected chi connectivity index (χ4v) is 2.76. The Bertz CT molecular complexity index is 783. The quantitative estimate of drug-likeness (QED) is 0.778. The van der Waals surface area contributed by atoms with Gasteiger partial charge in [0.05, 0.1) is 16.6 Å². The van der Waals surface area contributed by atoms with Crippen molar-refractivity contribution in [3.05, 3.63) is 76.7 Å². The summed E-state index contributed by atoms with van der Waals surface area (Å²) in [6, 6.07) is 14.5. The van der Waals surface area contributed by atoms with Gasteiger partial charge in [0.2, 0.25) is 0 Å². The summed E-state index contributed by atoms with van der Waals surface area (Å²) in [5.41, 5.74) is 2.30. The van der Waals surface area contributed by atoms with Gasteiger partial charge in [-0.2, -0.15) is 0 Å². The van der Waals surface area contributed by atoms with Crippen LogP contribution in [0.2, 0.25) is 5.02 Å². The Morgan fingerprint density at radius 2 is 1.76 bits per heavy atom. The van der Waals surface area contributed by atoms with Crippen LogP contribution in [-0.2, 0) is 0 Å². The number of nitrogens with one attached hydrogen (secondary N) is 1. The molecule has 0 aliphatic carbocycles. The zero-order valence-corrected chi connectivity index (χ0v) is 12.2. The smallest absolute Gasteiger partial charge is 0.146 e. The van der Waals surface area contributed by atoms with Crippen LogP contribution in [0.1, 0.15) is 17.2 Å². The number of rotatable bonds is 3. The van der Waals surface area contributed by atoms with E-state index in [1.54, 1.807) is 31.4 Å². The molecule has 0 fully saturated rings. The number of nitrogens with zero attached hydrogens (tertiary/aromatic N) is 1. The monoisotopic (exact) mass is 300 g/mol. The van der Waals surface area contributed by atoms with E-state index in [0.29, 0.717) is 5.56 Å². The summed E-state index contributed by atoms with van der Waals surface area (Å²) in [5, 5.41) is 4.31. The third-order valence-corrected chi connectivity index (χ3v) is 3.85. The lowest BCUT2D eigenvalue weighted by Gasteiger charge is -2.19. The Hall–Kier alpha value is -1.97. The molecule has 1 atom stereocenters. The molecule has 0 spiro atoms. The predicted molar refractivity (Wildman–Crippen MR) is 84.1 cm³/mol. The van der Waals surface area contributed by atoms with Gasteiger partial charge in [0.1, 0.15) is 5.82 Å². The summed E-state index contributed by atoms with van der Waals surface area (Å²) in [7, 11) is 1.80. The molecule has 2 nitrogen and oxygen atoms in total. The molecule has 1 unspecified atom stereocenters. The lowest BCUT2D eigenvalue weighted by molar-refractivity contribution is 0.577. The Balaban J connectivity index is 2.21. The molecule has 0 saturated heterocycles. The zero-order valence-electron chi connectivity index (χ0n) is 11.5. The lowest BCUT2D eigenvalue weighted by Crippen LogP contribution is -2.19. The molecule has 21 heavy (non-hydrogen) atoms. The highest BCUT2D eigenvalue weighted by Gasteiger charge is 2.20. The summed E-state index contributed by atoms with van der Waals surface area (Å²) < 4.78 is 14.3. The summed E-state index contributed by atoms with van der Waals surface area (Å²) in [6.45, 7) is 0. The van der Waals surface area contributed by atoms with Crippen molar-refractivity contribution in [3.8, 4) is 0 Å². The number of benzene rings is 2. The van der Waals surface area contributed by atoms with Crippen LogP contribution in [0.4, 0.5) is 4.39 Å². The van der Waals surface area contributed by atoms with Gasteiger partial charge in [-0.1, -0.05) is 48.0 Å². The molecule has 1 heterocycles. The third-order valence-electron chi connectivity index (χ3n) is 3.56. The first-order valence-corrected chi connectivity index (χ1v) is 7.05. The maximum absolute atomic E-state index is 14.3. The maximum Gasteiger partial charge on any atom is 0.146 e. The van der Waals surface area contributed by atoms with E-state index in [0.717, 1.165) is 16.5 Å². The Morgan fingerprint density at radius 1 is 1.05 bits per heavy atom. The van der Waals surface area contributed by atoms with Crippen LogP contribution < -0.4 is 5.32 Å². The Kier molecular flexibility index (Phi) is 3.86. The van der Waals surface area contributed by atoms with E-state index in [4.69, 9.17) is 11.6 Å². The second kappa shape index (κ2) is 5.80. The van der Waals surface area contributed by atoms with Crippen molar-refractivity contribution < 1.29 is 4.39 Å². The normalized spacial score (nSPS) is 12.5. The summed E-state index contributed by atoms with van der Waals surface area (Å²) in [4.78, 5) is 4.43. The molecular weight excluding hydrogens is 287 g/mol. The van der Waals surface area contributed by atoms with Crippen molar-refractivity contribution in [1.82, 2.24) is 10.3 Å². The molecule has 2 aromatic carbocycles. The second-order valence-electron chi connectivity index (χ2n) is 4.79. The number of hydrogen-bond acceptors (Lipinski definition) is 2. The first-order valence-electron chi connectivity index (χ1n) is 6.67. The first-order chi connectivity index (χ1) is 10.2. The van der Waals surface area contributed by atoms with Gasteiger partial charge in [0.25, 0.3) is 0 Å². The predicted octanol–water partition coefficient (Wildman–Crippen LogP) is 4.34. The SMILES string of the molecule is CNC(c1cccc(Cl)c1F)c1cccc2cccnc12. The second-order valence-corrected chi connectivity index (χ2v) is 5.19. The van der Waals surface area contributed by atoms with E-state index in [1.165, 1.54) is 0 Å². The van der Waals surface area contributed by atoms with Gasteiger partial charge >= 0.3 is 0 Å². The Labute approximate surface area is 127 Å². The van der Waals surface area contributed by atoms with E-state index in [-0.39, 0.29) is 11.1 Å². The molecule has 4 heteroatoms. The van der Waals surface area contributed by atoms with Crippen molar-refractivity contribution in [2.24, 2.45) is 0 Å². The molecule has 0 aliphatic rings. The number of para-hydroxylation sites is 1. The number of halogens is 2. The van der Waals surface area contributed by atoms with Crippen LogP contribution in [0.5, 0.6) is 0 Å². The van der Waals surface area contributed by atoms with Crippen molar-refractivity contribution in [3.63, 3.8) is 0 Å². The van der Waals surface area contributed by atoms with E-state index >= 15 is 0 Å². The highest BCUT2D eigenvalue weighted by molar-refractivity contribution is 6.30. The van der Waals surface area contributed by atoms with E-state index in [1.807, 2.05) is 30.3 Å². The van der Waals surface area contributed by atoms with Gasteiger partial charge in [-0.05, 0) is 24.7 Å². The molecule has 1 N–H and O–H groups in total. The first kappa shape index (κ1) is 14.0. The van der Waals surface area contributed by atoms with Crippen molar-refractivity contribution >= 4 is 22.5 Å². The average Bonchev–Trinajstić information content (AvgIpc) is 2.52. The fraction of sp³-hybridized carbons (Fsp3) is 0.118. The molecule has 106 valence electrons. The Morgan fingerprint density at radius 3 is 2.57 bits per heavy atom. The molecule has 0 radical (unpaired) electrons. The van der Waals surface area contributed by atoms with Crippen LogP contribution in [0.15, 0.2) is 54.7 Å². The standard InChI is InChI=1S/C17H14ClFN2/c1-20-17(12-7-3-9-14(18)15(12)19)13-8-2-5-11-6-4-10-21-16(11)13/h2-10,17,20H,1H3. The largest absolute Gasteiger partial charge is 0.309 e. The highest BCUT2D eigenvalue weighted by Crippen LogP contribution is 2.31. The molecule has 3 aromatic rings. The van der Waals surface area contributed by atoms with Gasteiger partial charge in [-0.25, -0.2) is 4.39 Å². The van der Waals surface area contributed by atoms with Crippen molar-refractivity contribution in [1.29, 1.82) is 0 Å². The minimum Gasteiger partial charge on any atom is -0.309 e. The number of pyridine rings is 1. The molecule has 0 aliphatic heterocycles. The lowest BCUT2D eigenvalue weighted by atomic mass is 9.96. The molecule has 0 saturated carbocycles. The molecule has 0 amide bonds. The van der Waals surface area contributed by atoms with Crippen LogP contribution in [0.25, 0.3) is 10.9 Å². The van der Waals surface area contributed by atoms with Gasteiger partial charge in [0.15, 0.2) is 0 Å². The molecule has 1 aromatic heterocycles. The van der Waals surface area contributed by atoms with E-state index < -0.39 is 5.82 Å². The van der Waals surface area contributed by atoms with Crippen LogP contribution in [-0.4, -0.2) is 12.0 Å². The summed E-state index contributed by atoms with van der Waals surface area (Å²) in [6.07, 6.45) is 1.74. The van der Waals surface area contributed by atoms with Crippen LogP contribution in [0, 0.1) is 5.82 Å². The van der Waals surface area contributed by atoms with E-state index in [9.17, 15) is 4.39 Å². The number of hydrogen-bond donors (Lipinski definition) is 1. The maximum atomic E-state index is 14.3. The number of aromatic nitrogens is 1. The van der Waals surface area contributed by atoms with Crippen LogP contribution >= 0.6 is 11.6 Å². The van der Waals surface area contributed by atoms with Gasteiger partial charge in [-0.3, -0.25) is 4.98 Å². The summed E-state index contributed by atoms with van der Waals surface area (Å²) in [5.74, 6) is -0.397. The van der Waals surface area contributed by atoms with Crippen molar-refractivity contribution in [2.45, 2.75) is 6.04 Å². The molecule has 0 bridgehead atoms. The molecule has 3 rings (SSSR count). The molecular formula is C17H14ClFN2. The minimum absolute atomic E-state index is 0.126. The average molecular weight is 301 g/mol. The minimum atomic E-state index is -0.397. The van der Waals surface area contributed by atoms with Gasteiger partial charge in [-0.15, -0.1) is 0 Å². The highest BCUT2D eigenvalue weighted by atomic mass is 35.5. The third kappa shape index (κ3) is 2.50. The summed E-state index contributed by atoms with van der Waals surface area (Å²) >= 11 is 5.90. The topological polar surface area (TPSA) is 24.9 Å². The zero-order chi connectivity index (χ0) is 14.8. The van der Waals surface area contributed by atoms with Crippen molar-refractivity contribution in [2.75, 3.05) is 7.05 Å². The van der Waals surface area contributed by atoms with E-state index in [2.05, 4.69) is 10.3 Å². The fourth-order valence-electron chi connectivity index (χ4n) is 2.58. The van der Waals surface area contributed by atoms with Gasteiger partial charge < -0.3 is 5.32 Å².